The Morgan fingerprint density at radius 2 is 2.19 bits per heavy atom. The van der Waals surface area contributed by atoms with Crippen molar-refractivity contribution in [3.05, 3.63) is 35.4 Å². The number of ether oxygens (including phenoxy) is 1. The van der Waals surface area contributed by atoms with Crippen molar-refractivity contribution < 1.29 is 22.7 Å². The zero-order valence-electron chi connectivity index (χ0n) is 11.8. The highest BCUT2D eigenvalue weighted by Crippen LogP contribution is 2.35. The smallest absolute Gasteiger partial charge is 0.410 e. The van der Waals surface area contributed by atoms with Gasteiger partial charge in [-0.1, -0.05) is 13.3 Å². The van der Waals surface area contributed by atoms with Gasteiger partial charge in [0.05, 0.1) is 19.2 Å². The average Bonchev–Trinajstić information content (AvgIpc) is 2.83. The van der Waals surface area contributed by atoms with E-state index in [0.29, 0.717) is 6.42 Å². The first-order chi connectivity index (χ1) is 10.0. The lowest BCUT2D eigenvalue weighted by atomic mass is 10.0. The van der Waals surface area contributed by atoms with Crippen molar-refractivity contribution >= 4 is 6.09 Å². The van der Waals surface area contributed by atoms with E-state index in [-0.39, 0.29) is 25.1 Å². The summed E-state index contributed by atoms with van der Waals surface area (Å²) < 4.78 is 45.8. The molecule has 116 valence electrons. The first-order valence-electron chi connectivity index (χ1n) is 7.05. The van der Waals surface area contributed by atoms with Crippen molar-refractivity contribution in [1.29, 1.82) is 0 Å². The second-order valence-electron chi connectivity index (χ2n) is 5.13. The molecule has 1 aromatic carbocycles. The van der Waals surface area contributed by atoms with Crippen LogP contribution in [0.4, 0.5) is 18.0 Å². The van der Waals surface area contributed by atoms with Gasteiger partial charge in [0.15, 0.2) is 0 Å². The zero-order chi connectivity index (χ0) is 15.4. The van der Waals surface area contributed by atoms with Crippen LogP contribution in [0, 0.1) is 11.6 Å². The van der Waals surface area contributed by atoms with E-state index in [4.69, 9.17) is 4.74 Å². The minimum absolute atomic E-state index is 0.0115. The molecule has 0 spiro atoms. The molecule has 6 heteroatoms. The number of alkyl halides is 1. The lowest BCUT2D eigenvalue weighted by Gasteiger charge is -2.24. The number of halogens is 3. The van der Waals surface area contributed by atoms with Crippen LogP contribution in [0.1, 0.15) is 37.8 Å². The summed E-state index contributed by atoms with van der Waals surface area (Å²) in [7, 11) is 0. The van der Waals surface area contributed by atoms with E-state index >= 15 is 0 Å². The van der Waals surface area contributed by atoms with Crippen LogP contribution in [-0.2, 0) is 4.74 Å². The number of carbonyl (C=O) groups is 1. The molecule has 2 unspecified atom stereocenters. The Balaban J connectivity index is 2.16. The summed E-state index contributed by atoms with van der Waals surface area (Å²) >= 11 is 0. The van der Waals surface area contributed by atoms with Crippen molar-refractivity contribution in [2.75, 3.05) is 13.2 Å². The van der Waals surface area contributed by atoms with Gasteiger partial charge < -0.3 is 4.74 Å². The van der Waals surface area contributed by atoms with E-state index in [0.717, 1.165) is 29.5 Å². The fourth-order valence-electron chi connectivity index (χ4n) is 2.44. The van der Waals surface area contributed by atoms with Crippen molar-refractivity contribution in [3.8, 4) is 0 Å². The van der Waals surface area contributed by atoms with Crippen LogP contribution in [0.3, 0.4) is 0 Å². The number of likely N-dealkylation sites (tertiary alicyclic amines) is 1. The molecule has 2 rings (SSSR count). The monoisotopic (exact) mass is 301 g/mol. The van der Waals surface area contributed by atoms with Gasteiger partial charge in [-0.05, 0) is 24.6 Å². The highest BCUT2D eigenvalue weighted by Gasteiger charge is 2.38. The third-order valence-electron chi connectivity index (χ3n) is 3.53. The molecule has 1 aromatic rings. The van der Waals surface area contributed by atoms with Crippen LogP contribution in [-0.4, -0.2) is 30.3 Å². The van der Waals surface area contributed by atoms with Crippen molar-refractivity contribution in [3.63, 3.8) is 0 Å². The van der Waals surface area contributed by atoms with E-state index in [1.165, 1.54) is 0 Å². The lowest BCUT2D eigenvalue weighted by molar-refractivity contribution is 0.0948. The second-order valence-corrected chi connectivity index (χ2v) is 5.13. The van der Waals surface area contributed by atoms with Gasteiger partial charge in [0, 0.05) is 12.0 Å². The average molecular weight is 301 g/mol. The quantitative estimate of drug-likeness (QED) is 0.787. The molecule has 0 radical (unpaired) electrons. The van der Waals surface area contributed by atoms with Crippen LogP contribution in [0.2, 0.25) is 0 Å². The summed E-state index contributed by atoms with van der Waals surface area (Å²) in [5.74, 6) is -1.27. The van der Waals surface area contributed by atoms with Gasteiger partial charge in [-0.2, -0.15) is 0 Å². The van der Waals surface area contributed by atoms with Gasteiger partial charge in [0.2, 0.25) is 0 Å². The maximum Gasteiger partial charge on any atom is 0.410 e. The van der Waals surface area contributed by atoms with E-state index in [1.54, 1.807) is 0 Å². The molecule has 0 aliphatic carbocycles. The number of unbranched alkanes of at least 4 members (excludes halogenated alkanes) is 1. The fraction of sp³-hybridized carbons (Fsp3) is 0.533. The highest BCUT2D eigenvalue weighted by molar-refractivity contribution is 5.69. The minimum Gasteiger partial charge on any atom is -0.449 e. The predicted molar refractivity (Wildman–Crippen MR) is 71.6 cm³/mol. The summed E-state index contributed by atoms with van der Waals surface area (Å²) in [5.41, 5.74) is -0.0115. The first-order valence-corrected chi connectivity index (χ1v) is 7.05. The SMILES string of the molecule is CCCCOC(=O)N1CC(F)CC1c1cc(F)ccc1F. The molecule has 3 nitrogen and oxygen atoms in total. The van der Waals surface area contributed by atoms with E-state index in [2.05, 4.69) is 0 Å². The van der Waals surface area contributed by atoms with Crippen molar-refractivity contribution in [2.24, 2.45) is 0 Å². The Morgan fingerprint density at radius 3 is 2.90 bits per heavy atom. The van der Waals surface area contributed by atoms with Gasteiger partial charge in [0.25, 0.3) is 0 Å². The van der Waals surface area contributed by atoms with Gasteiger partial charge in [-0.3, -0.25) is 4.90 Å². The Bertz CT molecular complexity index is 510. The number of nitrogens with zero attached hydrogens (tertiary/aromatic N) is 1. The molecule has 0 aromatic heterocycles. The van der Waals surface area contributed by atoms with Crippen molar-refractivity contribution in [2.45, 2.75) is 38.4 Å². The van der Waals surface area contributed by atoms with Crippen LogP contribution >= 0.6 is 0 Å². The molecular weight excluding hydrogens is 283 g/mol. The van der Waals surface area contributed by atoms with E-state index in [9.17, 15) is 18.0 Å². The molecule has 1 aliphatic heterocycles. The largest absolute Gasteiger partial charge is 0.449 e. The third-order valence-corrected chi connectivity index (χ3v) is 3.53. The third kappa shape index (κ3) is 3.68. The number of carbonyl (C=O) groups excluding carboxylic acids is 1. The summed E-state index contributed by atoms with van der Waals surface area (Å²) in [6.07, 6.45) is -0.435. The summed E-state index contributed by atoms with van der Waals surface area (Å²) in [6.45, 7) is 2.03. The zero-order valence-corrected chi connectivity index (χ0v) is 11.8. The fourth-order valence-corrected chi connectivity index (χ4v) is 2.44. The predicted octanol–water partition coefficient (Wildman–Crippen LogP) is 3.99. The Hall–Kier alpha value is -1.72. The number of amides is 1. The number of benzene rings is 1. The summed E-state index contributed by atoms with van der Waals surface area (Å²) in [4.78, 5) is 13.1. The maximum absolute atomic E-state index is 13.8. The molecule has 1 fully saturated rings. The lowest BCUT2D eigenvalue weighted by Crippen LogP contribution is -2.32. The normalized spacial score (nSPS) is 21.6. The van der Waals surface area contributed by atoms with Gasteiger partial charge >= 0.3 is 6.09 Å². The molecule has 2 atom stereocenters. The molecule has 1 heterocycles. The highest BCUT2D eigenvalue weighted by atomic mass is 19.1. The molecule has 1 aliphatic rings. The molecule has 1 amide bonds. The molecule has 0 N–H and O–H groups in total. The van der Waals surface area contributed by atoms with Crippen LogP contribution in [0.25, 0.3) is 0 Å². The molecular formula is C15H18F3NO2. The van der Waals surface area contributed by atoms with Gasteiger partial charge in [0.1, 0.15) is 17.8 Å². The van der Waals surface area contributed by atoms with E-state index < -0.39 is 29.9 Å². The van der Waals surface area contributed by atoms with E-state index in [1.807, 2.05) is 6.92 Å². The Morgan fingerprint density at radius 1 is 1.43 bits per heavy atom. The summed E-state index contributed by atoms with van der Waals surface area (Å²) in [6, 6.07) is 2.15. The standard InChI is InChI=1S/C15H18F3NO2/c1-2-3-6-21-15(20)19-9-11(17)8-14(19)12-7-10(16)4-5-13(12)18/h4-5,7,11,14H,2-3,6,8-9H2,1H3. The van der Waals surface area contributed by atoms with Gasteiger partial charge in [-0.25, -0.2) is 18.0 Å². The van der Waals surface area contributed by atoms with Crippen LogP contribution in [0.15, 0.2) is 18.2 Å². The summed E-state index contributed by atoms with van der Waals surface area (Å²) in [5, 5.41) is 0. The topological polar surface area (TPSA) is 29.5 Å². The Labute approximate surface area is 121 Å². The first kappa shape index (κ1) is 15.7. The van der Waals surface area contributed by atoms with Gasteiger partial charge in [-0.15, -0.1) is 0 Å². The molecule has 1 saturated heterocycles. The Kier molecular flexibility index (Phi) is 5.09. The number of hydrogen-bond donors (Lipinski definition) is 0. The van der Waals surface area contributed by atoms with Crippen LogP contribution in [0.5, 0.6) is 0 Å². The van der Waals surface area contributed by atoms with Crippen molar-refractivity contribution in [1.82, 2.24) is 4.90 Å². The minimum atomic E-state index is -1.27. The number of hydrogen-bond acceptors (Lipinski definition) is 2. The van der Waals surface area contributed by atoms with Crippen LogP contribution < -0.4 is 0 Å². The second kappa shape index (κ2) is 6.83. The molecule has 0 bridgehead atoms. The molecule has 21 heavy (non-hydrogen) atoms. The maximum atomic E-state index is 13.8. The number of rotatable bonds is 4. The molecule has 0 saturated carbocycles.